The molecule has 1 N–H and O–H groups in total. The molecule has 0 bridgehead atoms. The molecule has 3 aromatic rings. The van der Waals surface area contributed by atoms with Gasteiger partial charge in [-0.05, 0) is 61.0 Å². The van der Waals surface area contributed by atoms with Crippen LogP contribution in [0.5, 0.6) is 23.0 Å². The summed E-state index contributed by atoms with van der Waals surface area (Å²) >= 11 is 1.25. The van der Waals surface area contributed by atoms with Gasteiger partial charge in [-0.15, -0.1) is 0 Å². The number of nitrogens with one attached hydrogen (secondary N) is 1. The molecule has 0 spiro atoms. The first-order chi connectivity index (χ1) is 18.5. The molecule has 2 aliphatic heterocycles. The minimum atomic E-state index is -0.665. The number of amides is 2. The minimum Gasteiger partial charge on any atom is -0.495 e. The second-order valence-corrected chi connectivity index (χ2v) is 9.66. The summed E-state index contributed by atoms with van der Waals surface area (Å²) in [6.45, 7) is 2.93. The van der Waals surface area contributed by atoms with Crippen LogP contribution in [0.4, 0.5) is 11.4 Å². The van der Waals surface area contributed by atoms with Crippen LogP contribution >= 0.6 is 11.8 Å². The predicted octanol–water partition coefficient (Wildman–Crippen LogP) is 4.98. The molecule has 2 aliphatic rings. The zero-order valence-electron chi connectivity index (χ0n) is 21.0. The van der Waals surface area contributed by atoms with Crippen LogP contribution in [0.1, 0.15) is 18.9 Å². The molecule has 196 valence electrons. The summed E-state index contributed by atoms with van der Waals surface area (Å²) in [5.41, 5.74) is 2.05. The van der Waals surface area contributed by atoms with Gasteiger partial charge in [0.25, 0.3) is 0 Å². The fourth-order valence-corrected chi connectivity index (χ4v) is 5.17. The number of rotatable bonds is 8. The van der Waals surface area contributed by atoms with E-state index in [0.29, 0.717) is 40.4 Å². The second kappa shape index (κ2) is 11.5. The lowest BCUT2D eigenvalue weighted by Gasteiger charge is -2.32. The molecule has 1 atom stereocenters. The molecule has 3 aromatic carbocycles. The Morgan fingerprint density at radius 1 is 1.11 bits per heavy atom. The van der Waals surface area contributed by atoms with E-state index >= 15 is 0 Å². The maximum Gasteiger partial charge on any atom is 0.238 e. The second-order valence-electron chi connectivity index (χ2n) is 8.49. The van der Waals surface area contributed by atoms with Gasteiger partial charge in [-0.1, -0.05) is 30.0 Å². The van der Waals surface area contributed by atoms with Gasteiger partial charge in [0.1, 0.15) is 16.7 Å². The Hall–Kier alpha value is -4.18. The molecule has 2 heterocycles. The summed E-state index contributed by atoms with van der Waals surface area (Å²) in [6.07, 6.45) is 0.0263. The average molecular weight is 534 g/mol. The number of ether oxygens (including phenoxy) is 4. The molecule has 38 heavy (non-hydrogen) atoms. The number of hydrogen-bond acceptors (Lipinski definition) is 8. The van der Waals surface area contributed by atoms with Gasteiger partial charge >= 0.3 is 0 Å². The van der Waals surface area contributed by atoms with Crippen LogP contribution in [-0.4, -0.2) is 47.6 Å². The molecular formula is C28H27N3O6S. The van der Waals surface area contributed by atoms with E-state index in [-0.39, 0.29) is 31.6 Å². The first kappa shape index (κ1) is 25.5. The van der Waals surface area contributed by atoms with Crippen molar-refractivity contribution in [3.63, 3.8) is 0 Å². The predicted molar refractivity (Wildman–Crippen MR) is 145 cm³/mol. The summed E-state index contributed by atoms with van der Waals surface area (Å²) < 4.78 is 21.8. The fraction of sp³-hybridized carbons (Fsp3) is 0.250. The highest BCUT2D eigenvalue weighted by Gasteiger charge is 2.36. The number of methoxy groups -OCH3 is 1. The van der Waals surface area contributed by atoms with Crippen LogP contribution in [-0.2, 0) is 16.1 Å². The molecule has 0 unspecified atom stereocenters. The van der Waals surface area contributed by atoms with Gasteiger partial charge in [-0.2, -0.15) is 0 Å². The number of nitrogens with zero attached hydrogens (tertiary/aromatic N) is 2. The van der Waals surface area contributed by atoms with E-state index in [2.05, 4.69) is 5.32 Å². The number of fused-ring (bicyclic) bond motifs is 1. The summed E-state index contributed by atoms with van der Waals surface area (Å²) in [5.74, 6) is 2.08. The molecule has 1 saturated heterocycles. The lowest BCUT2D eigenvalue weighted by Crippen LogP contribution is -2.44. The molecule has 0 saturated carbocycles. The van der Waals surface area contributed by atoms with Gasteiger partial charge in [0, 0.05) is 6.42 Å². The quantitative estimate of drug-likeness (QED) is 0.436. The highest BCUT2D eigenvalue weighted by atomic mass is 32.2. The SMILES string of the molecule is CCOc1ccc(N=C2S[C@@H](C(=O)Nc3ccccc3OC)CC(=O)N2Cc2ccc3c(c2)OCO3)cc1. The summed E-state index contributed by atoms with van der Waals surface area (Å²) in [4.78, 5) is 33.0. The van der Waals surface area contributed by atoms with E-state index in [9.17, 15) is 9.59 Å². The number of benzene rings is 3. The van der Waals surface area contributed by atoms with Crippen molar-refractivity contribution in [3.8, 4) is 23.0 Å². The third kappa shape index (κ3) is 5.70. The van der Waals surface area contributed by atoms with Crippen molar-refractivity contribution in [1.29, 1.82) is 0 Å². The largest absolute Gasteiger partial charge is 0.495 e. The monoisotopic (exact) mass is 533 g/mol. The lowest BCUT2D eigenvalue weighted by molar-refractivity contribution is -0.129. The van der Waals surface area contributed by atoms with E-state index < -0.39 is 5.25 Å². The molecule has 9 nitrogen and oxygen atoms in total. The van der Waals surface area contributed by atoms with E-state index in [1.165, 1.54) is 11.8 Å². The zero-order valence-corrected chi connectivity index (χ0v) is 21.8. The number of thioether (sulfide) groups is 1. The summed E-state index contributed by atoms with van der Waals surface area (Å²) in [6, 6.07) is 20.0. The number of aliphatic imine (C=N–C) groups is 1. The van der Waals surface area contributed by atoms with Crippen LogP contribution < -0.4 is 24.3 Å². The Kier molecular flexibility index (Phi) is 7.69. The molecule has 0 radical (unpaired) electrons. The molecule has 2 amide bonds. The van der Waals surface area contributed by atoms with Crippen LogP contribution in [0.25, 0.3) is 0 Å². The van der Waals surface area contributed by atoms with Crippen LogP contribution in [0, 0.1) is 0 Å². The smallest absolute Gasteiger partial charge is 0.238 e. The Balaban J connectivity index is 1.41. The van der Waals surface area contributed by atoms with Crippen molar-refractivity contribution in [2.45, 2.75) is 25.1 Å². The highest BCUT2D eigenvalue weighted by molar-refractivity contribution is 8.15. The number of carbonyl (C=O) groups is 2. The summed E-state index contributed by atoms with van der Waals surface area (Å²) in [7, 11) is 1.54. The molecule has 0 aromatic heterocycles. The zero-order chi connectivity index (χ0) is 26.5. The van der Waals surface area contributed by atoms with Crippen molar-refractivity contribution in [2.24, 2.45) is 4.99 Å². The van der Waals surface area contributed by atoms with Crippen LogP contribution in [0.3, 0.4) is 0 Å². The van der Waals surface area contributed by atoms with Crippen molar-refractivity contribution in [1.82, 2.24) is 4.90 Å². The molecule has 1 fully saturated rings. The Morgan fingerprint density at radius 3 is 2.68 bits per heavy atom. The first-order valence-electron chi connectivity index (χ1n) is 12.1. The molecular weight excluding hydrogens is 506 g/mol. The van der Waals surface area contributed by atoms with Crippen molar-refractivity contribution >= 4 is 40.1 Å². The third-order valence-electron chi connectivity index (χ3n) is 5.95. The number of anilines is 1. The van der Waals surface area contributed by atoms with Gasteiger partial charge in [0.2, 0.25) is 18.6 Å². The average Bonchev–Trinajstić information content (AvgIpc) is 3.40. The maximum atomic E-state index is 13.4. The standard InChI is InChI=1S/C28H27N3O6S/c1-3-35-20-11-9-19(10-12-20)29-28-31(16-18-8-13-23-24(14-18)37-17-36-23)26(32)15-25(38-28)27(33)30-21-6-4-5-7-22(21)34-2/h4-14,25H,3,15-17H2,1-2H3,(H,30,33)/t25-/m1/s1. The normalized spacial score (nSPS) is 17.4. The fourth-order valence-electron chi connectivity index (χ4n) is 4.07. The number of carbonyl (C=O) groups excluding carboxylic acids is 2. The Labute approximate surface area is 224 Å². The van der Waals surface area contributed by atoms with Gasteiger partial charge in [0.15, 0.2) is 16.7 Å². The third-order valence-corrected chi connectivity index (χ3v) is 7.13. The van der Waals surface area contributed by atoms with Crippen molar-refractivity contribution in [2.75, 3.05) is 25.8 Å². The molecule has 10 heteroatoms. The topological polar surface area (TPSA) is 98.7 Å². The summed E-state index contributed by atoms with van der Waals surface area (Å²) in [5, 5.41) is 2.66. The van der Waals surface area contributed by atoms with Gasteiger partial charge < -0.3 is 24.3 Å². The van der Waals surface area contributed by atoms with Gasteiger partial charge in [0.05, 0.1) is 31.6 Å². The highest BCUT2D eigenvalue weighted by Crippen LogP contribution is 2.35. The van der Waals surface area contributed by atoms with E-state index in [1.54, 1.807) is 24.1 Å². The lowest BCUT2D eigenvalue weighted by atomic mass is 10.1. The Morgan fingerprint density at radius 2 is 1.89 bits per heavy atom. The van der Waals surface area contributed by atoms with Gasteiger partial charge in [-0.25, -0.2) is 4.99 Å². The van der Waals surface area contributed by atoms with Crippen LogP contribution in [0.2, 0.25) is 0 Å². The maximum absolute atomic E-state index is 13.4. The first-order valence-corrected chi connectivity index (χ1v) is 13.0. The van der Waals surface area contributed by atoms with E-state index in [0.717, 1.165) is 11.3 Å². The molecule has 5 rings (SSSR count). The van der Waals surface area contributed by atoms with Crippen molar-refractivity contribution < 1.29 is 28.5 Å². The Bertz CT molecular complexity index is 1360. The van der Waals surface area contributed by atoms with Crippen LogP contribution in [0.15, 0.2) is 71.7 Å². The van der Waals surface area contributed by atoms with E-state index in [1.807, 2.05) is 61.5 Å². The van der Waals surface area contributed by atoms with Crippen molar-refractivity contribution in [3.05, 3.63) is 72.3 Å². The number of hydrogen-bond donors (Lipinski definition) is 1. The van der Waals surface area contributed by atoms with Gasteiger partial charge in [-0.3, -0.25) is 14.5 Å². The van der Waals surface area contributed by atoms with E-state index in [4.69, 9.17) is 23.9 Å². The number of para-hydroxylation sites is 2. The minimum absolute atomic E-state index is 0.0263. The molecule has 0 aliphatic carbocycles. The number of amidine groups is 1.